The minimum Gasteiger partial charge on any atom is -0.0906 e. The SMILES string of the molecule is C=C(C(=C)c1ccc(Br)cc1)c1ccc(Br)cc1. The number of halogens is 2. The summed E-state index contributed by atoms with van der Waals surface area (Å²) in [5.74, 6) is 0. The Labute approximate surface area is 124 Å². The third-order valence-electron chi connectivity index (χ3n) is 2.75. The van der Waals surface area contributed by atoms with Crippen LogP contribution >= 0.6 is 31.9 Å². The van der Waals surface area contributed by atoms with Crippen LogP contribution in [0.4, 0.5) is 0 Å². The van der Waals surface area contributed by atoms with Gasteiger partial charge in [-0.3, -0.25) is 0 Å². The maximum Gasteiger partial charge on any atom is 0.0175 e. The van der Waals surface area contributed by atoms with Crippen molar-refractivity contribution in [3.05, 3.63) is 81.8 Å². The van der Waals surface area contributed by atoms with E-state index in [-0.39, 0.29) is 0 Å². The standard InChI is InChI=1S/C16H12Br2/c1-11(13-3-7-15(17)8-4-13)12(2)14-5-9-16(18)10-6-14/h3-10H,1-2H2. The molecule has 0 aliphatic heterocycles. The Kier molecular flexibility index (Phi) is 4.20. The Bertz CT molecular complexity index is 522. The average molecular weight is 364 g/mol. The fourth-order valence-electron chi connectivity index (χ4n) is 1.65. The molecule has 0 saturated carbocycles. The van der Waals surface area contributed by atoms with Gasteiger partial charge in [0.1, 0.15) is 0 Å². The second kappa shape index (κ2) is 5.68. The number of allylic oxidation sites excluding steroid dienone is 2. The van der Waals surface area contributed by atoms with Gasteiger partial charge in [-0.1, -0.05) is 69.3 Å². The Morgan fingerprint density at radius 3 is 1.17 bits per heavy atom. The molecule has 2 aromatic carbocycles. The van der Waals surface area contributed by atoms with Gasteiger partial charge in [0.05, 0.1) is 0 Å². The average Bonchev–Trinajstić information content (AvgIpc) is 2.39. The molecule has 0 aliphatic rings. The lowest BCUT2D eigenvalue weighted by Gasteiger charge is -2.10. The number of benzene rings is 2. The van der Waals surface area contributed by atoms with Crippen LogP contribution in [0.5, 0.6) is 0 Å². The van der Waals surface area contributed by atoms with Crippen LogP contribution in [-0.4, -0.2) is 0 Å². The van der Waals surface area contributed by atoms with Crippen molar-refractivity contribution in [3.8, 4) is 0 Å². The molecule has 2 heteroatoms. The summed E-state index contributed by atoms with van der Waals surface area (Å²) in [5.41, 5.74) is 4.08. The van der Waals surface area contributed by atoms with E-state index < -0.39 is 0 Å². The molecule has 2 aromatic rings. The first-order chi connectivity index (χ1) is 8.58. The molecule has 2 rings (SSSR count). The first-order valence-electron chi connectivity index (χ1n) is 5.48. The molecule has 0 saturated heterocycles. The zero-order valence-corrected chi connectivity index (χ0v) is 13.0. The molecule has 0 atom stereocenters. The topological polar surface area (TPSA) is 0 Å². The third-order valence-corrected chi connectivity index (χ3v) is 3.81. The zero-order chi connectivity index (χ0) is 13.1. The van der Waals surface area contributed by atoms with E-state index in [0.717, 1.165) is 31.2 Å². The van der Waals surface area contributed by atoms with Gasteiger partial charge in [0.15, 0.2) is 0 Å². The lowest BCUT2D eigenvalue weighted by atomic mass is 9.95. The smallest absolute Gasteiger partial charge is 0.0175 e. The highest BCUT2D eigenvalue weighted by Crippen LogP contribution is 2.29. The highest BCUT2D eigenvalue weighted by atomic mass is 79.9. The first-order valence-corrected chi connectivity index (χ1v) is 7.06. The van der Waals surface area contributed by atoms with E-state index in [1.54, 1.807) is 0 Å². The minimum absolute atomic E-state index is 0.949. The van der Waals surface area contributed by atoms with Gasteiger partial charge in [-0.15, -0.1) is 0 Å². The predicted molar refractivity (Wildman–Crippen MR) is 86.4 cm³/mol. The second-order valence-electron chi connectivity index (χ2n) is 3.97. The molecule has 0 nitrogen and oxygen atoms in total. The number of hydrogen-bond donors (Lipinski definition) is 0. The molecular formula is C16H12Br2. The maximum absolute atomic E-state index is 4.13. The van der Waals surface area contributed by atoms with Crippen molar-refractivity contribution >= 4 is 43.0 Å². The predicted octanol–water partition coefficient (Wildman–Crippen LogP) is 5.94. The van der Waals surface area contributed by atoms with Crippen LogP contribution in [0.2, 0.25) is 0 Å². The Hall–Kier alpha value is -1.12. The fourth-order valence-corrected chi connectivity index (χ4v) is 2.18. The van der Waals surface area contributed by atoms with E-state index in [4.69, 9.17) is 0 Å². The van der Waals surface area contributed by atoms with E-state index in [1.165, 1.54) is 0 Å². The molecule has 0 aliphatic carbocycles. The van der Waals surface area contributed by atoms with Gasteiger partial charge in [0.25, 0.3) is 0 Å². The lowest BCUT2D eigenvalue weighted by Crippen LogP contribution is -1.87. The summed E-state index contributed by atoms with van der Waals surface area (Å²) < 4.78 is 2.13. The Morgan fingerprint density at radius 2 is 0.889 bits per heavy atom. The van der Waals surface area contributed by atoms with E-state index >= 15 is 0 Å². The van der Waals surface area contributed by atoms with Crippen molar-refractivity contribution in [1.29, 1.82) is 0 Å². The molecular weight excluding hydrogens is 352 g/mol. The summed E-state index contributed by atoms with van der Waals surface area (Å²) in [6, 6.07) is 16.2. The normalized spacial score (nSPS) is 10.1. The monoisotopic (exact) mass is 362 g/mol. The zero-order valence-electron chi connectivity index (χ0n) is 9.79. The van der Waals surface area contributed by atoms with Crippen molar-refractivity contribution in [2.45, 2.75) is 0 Å². The molecule has 0 fully saturated rings. The molecule has 0 heterocycles. The summed E-state index contributed by atoms with van der Waals surface area (Å²) in [6.45, 7) is 8.25. The lowest BCUT2D eigenvalue weighted by molar-refractivity contribution is 1.56. The Balaban J connectivity index is 2.26. The van der Waals surface area contributed by atoms with Crippen molar-refractivity contribution in [3.63, 3.8) is 0 Å². The van der Waals surface area contributed by atoms with Crippen LogP contribution in [0.1, 0.15) is 11.1 Å². The van der Waals surface area contributed by atoms with Gasteiger partial charge < -0.3 is 0 Å². The number of hydrogen-bond acceptors (Lipinski definition) is 0. The highest BCUT2D eigenvalue weighted by molar-refractivity contribution is 9.10. The van der Waals surface area contributed by atoms with Gasteiger partial charge >= 0.3 is 0 Å². The molecule has 90 valence electrons. The van der Waals surface area contributed by atoms with Gasteiger partial charge in [-0.2, -0.15) is 0 Å². The van der Waals surface area contributed by atoms with Crippen LogP contribution in [0, 0.1) is 0 Å². The second-order valence-corrected chi connectivity index (χ2v) is 5.80. The molecule has 0 spiro atoms. The molecule has 0 unspecified atom stereocenters. The van der Waals surface area contributed by atoms with Gasteiger partial charge in [0, 0.05) is 8.95 Å². The van der Waals surface area contributed by atoms with Gasteiger partial charge in [0.2, 0.25) is 0 Å². The van der Waals surface area contributed by atoms with E-state index in [2.05, 4.69) is 45.0 Å². The molecule has 0 amide bonds. The molecule has 18 heavy (non-hydrogen) atoms. The largest absolute Gasteiger partial charge is 0.0906 e. The van der Waals surface area contributed by atoms with Crippen LogP contribution in [0.3, 0.4) is 0 Å². The molecule has 0 radical (unpaired) electrons. The molecule has 0 bridgehead atoms. The van der Waals surface area contributed by atoms with Crippen molar-refractivity contribution < 1.29 is 0 Å². The van der Waals surface area contributed by atoms with E-state index in [0.29, 0.717) is 0 Å². The first kappa shape index (κ1) is 13.3. The highest BCUT2D eigenvalue weighted by Gasteiger charge is 2.05. The minimum atomic E-state index is 0.949. The van der Waals surface area contributed by atoms with Crippen molar-refractivity contribution in [2.75, 3.05) is 0 Å². The molecule has 0 N–H and O–H groups in total. The molecule has 0 aromatic heterocycles. The summed E-state index contributed by atoms with van der Waals surface area (Å²) in [5, 5.41) is 0. The fraction of sp³-hybridized carbons (Fsp3) is 0. The van der Waals surface area contributed by atoms with Crippen molar-refractivity contribution in [2.24, 2.45) is 0 Å². The van der Waals surface area contributed by atoms with Crippen LogP contribution in [0.15, 0.2) is 70.6 Å². The van der Waals surface area contributed by atoms with E-state index in [1.807, 2.05) is 48.5 Å². The van der Waals surface area contributed by atoms with E-state index in [9.17, 15) is 0 Å². The Morgan fingerprint density at radius 1 is 0.611 bits per heavy atom. The quantitative estimate of drug-likeness (QED) is 0.592. The summed E-state index contributed by atoms with van der Waals surface area (Å²) in [6.07, 6.45) is 0. The third kappa shape index (κ3) is 3.01. The van der Waals surface area contributed by atoms with Gasteiger partial charge in [-0.25, -0.2) is 0 Å². The summed E-state index contributed by atoms with van der Waals surface area (Å²) >= 11 is 6.85. The van der Waals surface area contributed by atoms with Crippen molar-refractivity contribution in [1.82, 2.24) is 0 Å². The van der Waals surface area contributed by atoms with Crippen LogP contribution in [0.25, 0.3) is 11.1 Å². The van der Waals surface area contributed by atoms with Crippen LogP contribution in [-0.2, 0) is 0 Å². The number of rotatable bonds is 3. The van der Waals surface area contributed by atoms with Crippen LogP contribution < -0.4 is 0 Å². The summed E-state index contributed by atoms with van der Waals surface area (Å²) in [7, 11) is 0. The van der Waals surface area contributed by atoms with Gasteiger partial charge in [-0.05, 0) is 46.5 Å². The summed E-state index contributed by atoms with van der Waals surface area (Å²) in [4.78, 5) is 0. The maximum atomic E-state index is 4.13.